The van der Waals surface area contributed by atoms with Gasteiger partial charge in [0.1, 0.15) is 11.3 Å². The lowest BCUT2D eigenvalue weighted by atomic mass is 10.1. The first-order valence-electron chi connectivity index (χ1n) is 6.97. The zero-order chi connectivity index (χ0) is 16.6. The highest BCUT2D eigenvalue weighted by atomic mass is 79.9. The molecule has 1 heterocycles. The lowest BCUT2D eigenvalue weighted by molar-refractivity contribution is 0.0733. The summed E-state index contributed by atoms with van der Waals surface area (Å²) < 4.78 is 11.5. The first-order chi connectivity index (χ1) is 11.0. The summed E-state index contributed by atoms with van der Waals surface area (Å²) in [4.78, 5) is 23.8. The molecule has 0 N–H and O–H groups in total. The maximum atomic E-state index is 12.3. The van der Waals surface area contributed by atoms with Crippen molar-refractivity contribution in [2.45, 2.75) is 13.8 Å². The fraction of sp³-hybridized carbons (Fsp3) is 0.111. The van der Waals surface area contributed by atoms with E-state index in [0.717, 1.165) is 15.4 Å². The smallest absolute Gasteiger partial charge is 0.343 e. The number of hydrogen-bond donors (Lipinski definition) is 0. The molecule has 0 aliphatic rings. The number of halogens is 1. The maximum absolute atomic E-state index is 12.3. The number of esters is 1. The molecule has 3 rings (SSSR count). The van der Waals surface area contributed by atoms with Gasteiger partial charge in [-0.1, -0.05) is 22.0 Å². The molecule has 4 nitrogen and oxygen atoms in total. The number of aryl methyl sites for hydroxylation is 2. The Kier molecular flexibility index (Phi) is 4.05. The van der Waals surface area contributed by atoms with Gasteiger partial charge in [0.25, 0.3) is 0 Å². The highest BCUT2D eigenvalue weighted by Crippen LogP contribution is 2.28. The summed E-state index contributed by atoms with van der Waals surface area (Å²) in [7, 11) is 0. The summed E-state index contributed by atoms with van der Waals surface area (Å²) in [5, 5.41) is 0.823. The molecule has 0 fully saturated rings. The molecule has 0 aliphatic heterocycles. The van der Waals surface area contributed by atoms with Gasteiger partial charge in [0.15, 0.2) is 0 Å². The Balaban J connectivity index is 2.02. The molecule has 3 aromatic rings. The van der Waals surface area contributed by atoms with Crippen LogP contribution in [-0.2, 0) is 0 Å². The van der Waals surface area contributed by atoms with E-state index in [1.54, 1.807) is 37.3 Å². The fourth-order valence-corrected chi connectivity index (χ4v) is 2.78. The van der Waals surface area contributed by atoms with Crippen LogP contribution in [-0.4, -0.2) is 5.97 Å². The predicted molar refractivity (Wildman–Crippen MR) is 91.1 cm³/mol. The summed E-state index contributed by atoms with van der Waals surface area (Å²) in [6.07, 6.45) is 0. The van der Waals surface area contributed by atoms with Gasteiger partial charge in [0.2, 0.25) is 0 Å². The molecule has 0 aliphatic carbocycles. The topological polar surface area (TPSA) is 56.5 Å². The molecule has 5 heteroatoms. The lowest BCUT2D eigenvalue weighted by Crippen LogP contribution is -2.09. The highest BCUT2D eigenvalue weighted by Gasteiger charge is 2.14. The van der Waals surface area contributed by atoms with Gasteiger partial charge in [0, 0.05) is 21.5 Å². The van der Waals surface area contributed by atoms with Crippen LogP contribution in [0.1, 0.15) is 21.5 Å². The van der Waals surface area contributed by atoms with Crippen molar-refractivity contribution in [2.75, 3.05) is 0 Å². The highest BCUT2D eigenvalue weighted by molar-refractivity contribution is 9.10. The fourth-order valence-electron chi connectivity index (χ4n) is 2.39. The number of fused-ring (bicyclic) bond motifs is 1. The zero-order valence-corrected chi connectivity index (χ0v) is 14.1. The first kappa shape index (κ1) is 15.5. The largest absolute Gasteiger partial charge is 0.423 e. The first-order valence-corrected chi connectivity index (χ1v) is 7.77. The second kappa shape index (κ2) is 6.01. The molecular weight excluding hydrogens is 360 g/mol. The van der Waals surface area contributed by atoms with Gasteiger partial charge in [-0.05, 0) is 49.7 Å². The van der Waals surface area contributed by atoms with Crippen molar-refractivity contribution in [3.8, 4) is 5.75 Å². The molecule has 1 aromatic heterocycles. The zero-order valence-electron chi connectivity index (χ0n) is 12.6. The Hall–Kier alpha value is -2.40. The third kappa shape index (κ3) is 3.05. The minimum atomic E-state index is -0.469. The monoisotopic (exact) mass is 372 g/mol. The van der Waals surface area contributed by atoms with Gasteiger partial charge in [0.05, 0.1) is 5.56 Å². The van der Waals surface area contributed by atoms with E-state index in [4.69, 9.17) is 9.15 Å². The van der Waals surface area contributed by atoms with E-state index in [9.17, 15) is 9.59 Å². The SMILES string of the molecule is Cc1cc(=O)oc2c(C)c(OC(=O)c3cccc(Br)c3)ccc12. The van der Waals surface area contributed by atoms with Crippen molar-refractivity contribution in [3.63, 3.8) is 0 Å². The van der Waals surface area contributed by atoms with Crippen LogP contribution < -0.4 is 10.4 Å². The molecule has 0 atom stereocenters. The Morgan fingerprint density at radius 1 is 1.13 bits per heavy atom. The van der Waals surface area contributed by atoms with E-state index >= 15 is 0 Å². The van der Waals surface area contributed by atoms with Gasteiger partial charge >= 0.3 is 11.6 Å². The average Bonchev–Trinajstić information content (AvgIpc) is 2.50. The van der Waals surface area contributed by atoms with Crippen LogP contribution in [0.2, 0.25) is 0 Å². The minimum absolute atomic E-state index is 0.372. The second-order valence-corrected chi connectivity index (χ2v) is 6.13. The summed E-state index contributed by atoms with van der Waals surface area (Å²) in [6, 6.07) is 11.9. The summed E-state index contributed by atoms with van der Waals surface area (Å²) in [5.74, 6) is -0.0972. The number of carbonyl (C=O) groups excluding carboxylic acids is 1. The van der Waals surface area contributed by atoms with Crippen molar-refractivity contribution in [1.82, 2.24) is 0 Å². The average molecular weight is 373 g/mol. The van der Waals surface area contributed by atoms with E-state index in [-0.39, 0.29) is 0 Å². The Labute approximate surface area is 140 Å². The van der Waals surface area contributed by atoms with Gasteiger partial charge in [-0.3, -0.25) is 0 Å². The van der Waals surface area contributed by atoms with E-state index < -0.39 is 11.6 Å². The van der Waals surface area contributed by atoms with Gasteiger partial charge in [-0.2, -0.15) is 0 Å². The van der Waals surface area contributed by atoms with Gasteiger partial charge < -0.3 is 9.15 Å². The Morgan fingerprint density at radius 2 is 1.91 bits per heavy atom. The van der Waals surface area contributed by atoms with Crippen LogP contribution in [0.25, 0.3) is 11.0 Å². The van der Waals surface area contributed by atoms with Crippen LogP contribution in [0.4, 0.5) is 0 Å². The van der Waals surface area contributed by atoms with E-state index in [0.29, 0.717) is 22.5 Å². The molecule has 2 aromatic carbocycles. The van der Waals surface area contributed by atoms with Crippen LogP contribution in [0.3, 0.4) is 0 Å². The summed E-state index contributed by atoms with van der Waals surface area (Å²) >= 11 is 3.32. The summed E-state index contributed by atoms with van der Waals surface area (Å²) in [5.41, 5.74) is 1.89. The molecule has 0 radical (unpaired) electrons. The quantitative estimate of drug-likeness (QED) is 0.380. The minimum Gasteiger partial charge on any atom is -0.423 e. The number of hydrogen-bond acceptors (Lipinski definition) is 4. The van der Waals surface area contributed by atoms with Crippen molar-refractivity contribution in [3.05, 3.63) is 74.0 Å². The van der Waals surface area contributed by atoms with Crippen LogP contribution >= 0.6 is 15.9 Å². The second-order valence-electron chi connectivity index (χ2n) is 5.21. The molecule has 0 unspecified atom stereocenters. The van der Waals surface area contributed by atoms with E-state index in [1.807, 2.05) is 13.0 Å². The van der Waals surface area contributed by atoms with E-state index in [2.05, 4.69) is 15.9 Å². The van der Waals surface area contributed by atoms with Gasteiger partial charge in [-0.15, -0.1) is 0 Å². The van der Waals surface area contributed by atoms with Crippen LogP contribution in [0, 0.1) is 13.8 Å². The predicted octanol–water partition coefficient (Wildman–Crippen LogP) is 4.39. The molecule has 0 saturated heterocycles. The summed E-state index contributed by atoms with van der Waals surface area (Å²) in [6.45, 7) is 3.60. The molecule has 116 valence electrons. The molecule has 0 amide bonds. The Bertz CT molecular complexity index is 972. The third-order valence-electron chi connectivity index (χ3n) is 3.58. The molecule has 0 spiro atoms. The number of rotatable bonds is 2. The number of ether oxygens (including phenoxy) is 1. The van der Waals surface area contributed by atoms with Crippen molar-refractivity contribution >= 4 is 32.9 Å². The maximum Gasteiger partial charge on any atom is 0.343 e. The van der Waals surface area contributed by atoms with E-state index in [1.165, 1.54) is 6.07 Å². The third-order valence-corrected chi connectivity index (χ3v) is 4.07. The van der Waals surface area contributed by atoms with Crippen molar-refractivity contribution in [1.29, 1.82) is 0 Å². The van der Waals surface area contributed by atoms with Crippen molar-refractivity contribution in [2.24, 2.45) is 0 Å². The number of benzene rings is 2. The molecule has 0 saturated carbocycles. The molecule has 23 heavy (non-hydrogen) atoms. The standard InChI is InChI=1S/C18H13BrO4/c1-10-8-16(20)23-17-11(2)15(7-6-14(10)17)22-18(21)12-4-3-5-13(19)9-12/h3-9H,1-2H3. The van der Waals surface area contributed by atoms with Crippen LogP contribution in [0.5, 0.6) is 5.75 Å². The van der Waals surface area contributed by atoms with Crippen molar-refractivity contribution < 1.29 is 13.9 Å². The van der Waals surface area contributed by atoms with Crippen LogP contribution in [0.15, 0.2) is 56.1 Å². The normalized spacial score (nSPS) is 10.7. The van der Waals surface area contributed by atoms with Gasteiger partial charge in [-0.25, -0.2) is 9.59 Å². The number of carbonyl (C=O) groups is 1. The molecular formula is C18H13BrO4. The molecule has 0 bridgehead atoms. The lowest BCUT2D eigenvalue weighted by Gasteiger charge is -2.10. The Morgan fingerprint density at radius 3 is 2.65 bits per heavy atom.